The summed E-state index contributed by atoms with van der Waals surface area (Å²) in [6, 6.07) is 14.3. The van der Waals surface area contributed by atoms with Crippen molar-refractivity contribution in [2.45, 2.75) is 37.7 Å². The molecule has 0 radical (unpaired) electrons. The molecule has 3 atom stereocenters. The Kier molecular flexibility index (Phi) is 3.34. The van der Waals surface area contributed by atoms with Crippen LogP contribution >= 0.6 is 0 Å². The zero-order chi connectivity index (χ0) is 13.2. The van der Waals surface area contributed by atoms with Gasteiger partial charge in [0.25, 0.3) is 0 Å². The van der Waals surface area contributed by atoms with Gasteiger partial charge in [0.15, 0.2) is 0 Å². The molecular weight excluding hydrogens is 234 g/mol. The van der Waals surface area contributed by atoms with Gasteiger partial charge in [-0.1, -0.05) is 43.3 Å². The highest BCUT2D eigenvalue weighted by molar-refractivity contribution is 5.31. The van der Waals surface area contributed by atoms with E-state index in [-0.39, 0.29) is 17.9 Å². The molecule has 0 fully saturated rings. The van der Waals surface area contributed by atoms with Crippen molar-refractivity contribution in [2.24, 2.45) is 0 Å². The number of nitrogens with zero attached hydrogens (tertiary/aromatic N) is 1. The van der Waals surface area contributed by atoms with Gasteiger partial charge < -0.3 is 5.11 Å². The molecular formula is C17H19NO. The zero-order valence-corrected chi connectivity index (χ0v) is 11.2. The van der Waals surface area contributed by atoms with Gasteiger partial charge in [-0.3, -0.25) is 4.98 Å². The first-order valence-corrected chi connectivity index (χ1v) is 6.94. The van der Waals surface area contributed by atoms with E-state index in [1.165, 1.54) is 11.1 Å². The highest BCUT2D eigenvalue weighted by Gasteiger charge is 2.33. The molecule has 0 amide bonds. The number of fused-ring (bicyclic) bond motifs is 1. The molecule has 19 heavy (non-hydrogen) atoms. The van der Waals surface area contributed by atoms with Crippen LogP contribution in [-0.2, 0) is 6.42 Å². The van der Waals surface area contributed by atoms with Gasteiger partial charge in [0.2, 0.25) is 0 Å². The molecule has 2 aromatic rings. The lowest BCUT2D eigenvalue weighted by atomic mass is 9.86. The summed E-state index contributed by atoms with van der Waals surface area (Å²) in [4.78, 5) is 4.48. The zero-order valence-electron chi connectivity index (χ0n) is 11.2. The van der Waals surface area contributed by atoms with Crippen LogP contribution in [0.4, 0.5) is 0 Å². The molecule has 1 aromatic carbocycles. The van der Waals surface area contributed by atoms with Crippen LogP contribution in [0.25, 0.3) is 0 Å². The highest BCUT2D eigenvalue weighted by Crippen LogP contribution is 2.38. The Morgan fingerprint density at radius 1 is 1.16 bits per heavy atom. The minimum atomic E-state index is -0.362. The summed E-state index contributed by atoms with van der Waals surface area (Å²) in [5, 5.41) is 10.7. The Morgan fingerprint density at radius 2 is 1.95 bits per heavy atom. The van der Waals surface area contributed by atoms with Crippen molar-refractivity contribution in [1.82, 2.24) is 4.98 Å². The highest BCUT2D eigenvalue weighted by atomic mass is 16.3. The molecule has 0 saturated heterocycles. The lowest BCUT2D eigenvalue weighted by molar-refractivity contribution is 0.117. The third-order valence-corrected chi connectivity index (χ3v) is 4.25. The van der Waals surface area contributed by atoms with Crippen LogP contribution in [0.1, 0.15) is 42.0 Å². The molecule has 1 aliphatic carbocycles. The van der Waals surface area contributed by atoms with Crippen LogP contribution in [0.5, 0.6) is 0 Å². The summed E-state index contributed by atoms with van der Waals surface area (Å²) in [5.41, 5.74) is 3.59. The first-order valence-electron chi connectivity index (χ1n) is 6.94. The Balaban J connectivity index is 1.84. The molecule has 98 valence electrons. The number of pyridine rings is 1. The smallest absolute Gasteiger partial charge is 0.0689 e. The Morgan fingerprint density at radius 3 is 2.74 bits per heavy atom. The average molecular weight is 253 g/mol. The molecule has 1 aliphatic rings. The maximum Gasteiger partial charge on any atom is 0.0689 e. The molecule has 1 heterocycles. The van der Waals surface area contributed by atoms with Crippen LogP contribution in [0, 0.1) is 0 Å². The first-order chi connectivity index (χ1) is 9.27. The van der Waals surface area contributed by atoms with Crippen molar-refractivity contribution < 1.29 is 5.11 Å². The van der Waals surface area contributed by atoms with Gasteiger partial charge in [-0.25, -0.2) is 0 Å². The summed E-state index contributed by atoms with van der Waals surface area (Å²) >= 11 is 0. The second-order valence-electron chi connectivity index (χ2n) is 5.38. The molecule has 2 nitrogen and oxygen atoms in total. The van der Waals surface area contributed by atoms with E-state index < -0.39 is 0 Å². The predicted molar refractivity (Wildman–Crippen MR) is 76.2 cm³/mol. The first kappa shape index (κ1) is 12.4. The van der Waals surface area contributed by atoms with Crippen LogP contribution in [0.15, 0.2) is 48.7 Å². The van der Waals surface area contributed by atoms with E-state index in [1.54, 1.807) is 0 Å². The number of rotatable bonds is 3. The summed E-state index contributed by atoms with van der Waals surface area (Å²) in [6.07, 6.45) is 3.51. The molecule has 0 aliphatic heterocycles. The quantitative estimate of drug-likeness (QED) is 0.910. The number of aliphatic hydroxyl groups excluding tert-OH is 1. The van der Waals surface area contributed by atoms with E-state index in [1.807, 2.05) is 30.5 Å². The second kappa shape index (κ2) is 5.14. The lowest BCUT2D eigenvalue weighted by Crippen LogP contribution is -2.23. The van der Waals surface area contributed by atoms with Gasteiger partial charge in [0.1, 0.15) is 0 Å². The average Bonchev–Trinajstić information content (AvgIpc) is 2.90. The minimum Gasteiger partial charge on any atom is -0.392 e. The Bertz CT molecular complexity index is 552. The van der Waals surface area contributed by atoms with Gasteiger partial charge >= 0.3 is 0 Å². The molecule has 3 rings (SSSR count). The van der Waals surface area contributed by atoms with Gasteiger partial charge in [0.05, 0.1) is 6.10 Å². The van der Waals surface area contributed by atoms with Crippen LogP contribution in [0.2, 0.25) is 0 Å². The van der Waals surface area contributed by atoms with Crippen LogP contribution in [0.3, 0.4) is 0 Å². The fraction of sp³-hybridized carbons (Fsp3) is 0.353. The van der Waals surface area contributed by atoms with Gasteiger partial charge in [0, 0.05) is 23.7 Å². The SMILES string of the molecule is CC(c1ccccc1)C(O)C1CCc2cccnc21. The minimum absolute atomic E-state index is 0.138. The monoisotopic (exact) mass is 253 g/mol. The summed E-state index contributed by atoms with van der Waals surface area (Å²) in [5.74, 6) is 0.311. The number of aromatic nitrogens is 1. The number of aliphatic hydroxyl groups is 1. The summed E-state index contributed by atoms with van der Waals surface area (Å²) in [6.45, 7) is 2.10. The molecule has 0 bridgehead atoms. The van der Waals surface area contributed by atoms with Crippen molar-refractivity contribution in [1.29, 1.82) is 0 Å². The molecule has 0 saturated carbocycles. The third kappa shape index (κ3) is 2.28. The largest absolute Gasteiger partial charge is 0.392 e. The second-order valence-corrected chi connectivity index (χ2v) is 5.38. The molecule has 3 unspecified atom stereocenters. The molecule has 1 N–H and O–H groups in total. The fourth-order valence-electron chi connectivity index (χ4n) is 3.08. The summed E-state index contributed by atoms with van der Waals surface area (Å²) < 4.78 is 0. The van der Waals surface area contributed by atoms with E-state index in [2.05, 4.69) is 30.1 Å². The molecule has 2 heteroatoms. The van der Waals surface area contributed by atoms with Crippen molar-refractivity contribution in [3.8, 4) is 0 Å². The van der Waals surface area contributed by atoms with E-state index in [0.29, 0.717) is 0 Å². The fourth-order valence-corrected chi connectivity index (χ4v) is 3.08. The van der Waals surface area contributed by atoms with Crippen molar-refractivity contribution in [2.75, 3.05) is 0 Å². The Labute approximate surface area is 114 Å². The predicted octanol–water partition coefficient (Wildman–Crippen LogP) is 3.28. The van der Waals surface area contributed by atoms with E-state index >= 15 is 0 Å². The standard InChI is InChI=1S/C17H19NO/c1-12(13-6-3-2-4-7-13)17(19)15-10-9-14-8-5-11-18-16(14)15/h2-8,11-12,15,17,19H,9-10H2,1H3. The number of aryl methyl sites for hydroxylation is 1. The van der Waals surface area contributed by atoms with E-state index in [9.17, 15) is 5.11 Å². The van der Waals surface area contributed by atoms with Gasteiger partial charge in [-0.2, -0.15) is 0 Å². The van der Waals surface area contributed by atoms with Crippen molar-refractivity contribution in [3.05, 3.63) is 65.5 Å². The lowest BCUT2D eigenvalue weighted by Gasteiger charge is -2.25. The van der Waals surface area contributed by atoms with Crippen molar-refractivity contribution in [3.63, 3.8) is 0 Å². The third-order valence-electron chi connectivity index (χ3n) is 4.25. The van der Waals surface area contributed by atoms with E-state index in [4.69, 9.17) is 0 Å². The number of hydrogen-bond donors (Lipinski definition) is 1. The number of benzene rings is 1. The van der Waals surface area contributed by atoms with Gasteiger partial charge in [-0.15, -0.1) is 0 Å². The maximum absolute atomic E-state index is 10.7. The van der Waals surface area contributed by atoms with Crippen molar-refractivity contribution >= 4 is 0 Å². The molecule has 0 spiro atoms. The summed E-state index contributed by atoms with van der Waals surface area (Å²) in [7, 11) is 0. The van der Waals surface area contributed by atoms with Gasteiger partial charge in [-0.05, 0) is 30.0 Å². The maximum atomic E-state index is 10.7. The van der Waals surface area contributed by atoms with Crippen LogP contribution in [-0.4, -0.2) is 16.2 Å². The molecule has 1 aromatic heterocycles. The van der Waals surface area contributed by atoms with E-state index in [0.717, 1.165) is 18.5 Å². The Hall–Kier alpha value is -1.67. The van der Waals surface area contributed by atoms with Crippen LogP contribution < -0.4 is 0 Å². The number of hydrogen-bond acceptors (Lipinski definition) is 2. The normalized spacial score (nSPS) is 20.8. The topological polar surface area (TPSA) is 33.1 Å².